The van der Waals surface area contributed by atoms with Gasteiger partial charge in [0.05, 0.1) is 17.3 Å². The summed E-state index contributed by atoms with van der Waals surface area (Å²) < 4.78 is 11.0. The minimum Gasteiger partial charge on any atom is -0.489 e. The maximum Gasteiger partial charge on any atom is 0.262 e. The number of hydrogen-bond acceptors (Lipinski definition) is 4. The molecule has 104 valence electrons. The summed E-state index contributed by atoms with van der Waals surface area (Å²) in [6.45, 7) is 0.386. The van der Waals surface area contributed by atoms with Crippen molar-refractivity contribution in [3.05, 3.63) is 53.6 Å². The third-order valence-electron chi connectivity index (χ3n) is 3.05. The Morgan fingerprint density at radius 1 is 1.29 bits per heavy atom. The number of benzene rings is 2. The Morgan fingerprint density at radius 2 is 2.19 bits per heavy atom. The predicted octanol–water partition coefficient (Wildman–Crippen LogP) is 2.47. The van der Waals surface area contributed by atoms with Crippen LogP contribution in [0.15, 0.2) is 42.5 Å². The minimum absolute atomic E-state index is 0.0359. The normalized spacial score (nSPS) is 12.6. The molecule has 0 fully saturated rings. The maximum atomic E-state index is 11.3. The van der Waals surface area contributed by atoms with Crippen LogP contribution in [0.1, 0.15) is 11.1 Å². The number of nitrogens with one attached hydrogen (secondary N) is 1. The van der Waals surface area contributed by atoms with Crippen LogP contribution in [0.25, 0.3) is 0 Å². The molecule has 0 aromatic heterocycles. The Labute approximate surface area is 121 Å². The second-order valence-corrected chi connectivity index (χ2v) is 4.60. The molecule has 1 aliphatic heterocycles. The van der Waals surface area contributed by atoms with Crippen LogP contribution in [0.5, 0.6) is 11.5 Å². The van der Waals surface area contributed by atoms with Crippen molar-refractivity contribution in [2.75, 3.05) is 11.9 Å². The number of carbonyl (C=O) groups is 1. The zero-order valence-corrected chi connectivity index (χ0v) is 11.1. The number of fused-ring (bicyclic) bond motifs is 1. The molecule has 21 heavy (non-hydrogen) atoms. The maximum absolute atomic E-state index is 11.3. The van der Waals surface area contributed by atoms with Crippen LogP contribution in [0.3, 0.4) is 0 Å². The molecule has 0 saturated carbocycles. The lowest BCUT2D eigenvalue weighted by molar-refractivity contribution is -0.118. The van der Waals surface area contributed by atoms with Gasteiger partial charge in [-0.1, -0.05) is 12.1 Å². The molecule has 2 aromatic rings. The van der Waals surface area contributed by atoms with Crippen molar-refractivity contribution < 1.29 is 14.3 Å². The number of nitriles is 1. The van der Waals surface area contributed by atoms with E-state index in [1.807, 2.05) is 12.1 Å². The molecular formula is C16H12N2O3. The molecule has 3 rings (SSSR count). The van der Waals surface area contributed by atoms with E-state index in [1.165, 1.54) is 0 Å². The summed E-state index contributed by atoms with van der Waals surface area (Å²) in [7, 11) is 0. The van der Waals surface area contributed by atoms with Gasteiger partial charge in [-0.25, -0.2) is 0 Å². The van der Waals surface area contributed by atoms with Crippen molar-refractivity contribution in [2.24, 2.45) is 0 Å². The lowest BCUT2D eigenvalue weighted by atomic mass is 10.1. The van der Waals surface area contributed by atoms with E-state index in [0.717, 1.165) is 5.56 Å². The molecule has 1 N–H and O–H groups in total. The number of hydrogen-bond donors (Lipinski definition) is 1. The average molecular weight is 280 g/mol. The summed E-state index contributed by atoms with van der Waals surface area (Å²) in [5.41, 5.74) is 2.11. The molecule has 5 nitrogen and oxygen atoms in total. The highest BCUT2D eigenvalue weighted by molar-refractivity contribution is 5.95. The smallest absolute Gasteiger partial charge is 0.262 e. The molecule has 0 unspecified atom stereocenters. The third kappa shape index (κ3) is 2.95. The van der Waals surface area contributed by atoms with Gasteiger partial charge in [0.15, 0.2) is 6.61 Å². The van der Waals surface area contributed by atoms with E-state index in [-0.39, 0.29) is 12.5 Å². The summed E-state index contributed by atoms with van der Waals surface area (Å²) in [4.78, 5) is 11.3. The van der Waals surface area contributed by atoms with E-state index in [9.17, 15) is 4.79 Å². The van der Waals surface area contributed by atoms with Gasteiger partial charge in [0.25, 0.3) is 5.91 Å². The molecule has 0 atom stereocenters. The third-order valence-corrected chi connectivity index (χ3v) is 3.05. The second-order valence-electron chi connectivity index (χ2n) is 4.60. The van der Waals surface area contributed by atoms with Crippen molar-refractivity contribution in [3.63, 3.8) is 0 Å². The Morgan fingerprint density at radius 3 is 3.05 bits per heavy atom. The zero-order valence-electron chi connectivity index (χ0n) is 11.1. The SMILES string of the molecule is N#Cc1cccc(COc2ccc3c(c2)NC(=O)CO3)c1. The molecule has 0 saturated heterocycles. The van der Waals surface area contributed by atoms with Crippen molar-refractivity contribution in [2.45, 2.75) is 6.61 Å². The number of amides is 1. The van der Waals surface area contributed by atoms with E-state index in [4.69, 9.17) is 14.7 Å². The Kier molecular flexibility index (Phi) is 3.44. The molecule has 0 bridgehead atoms. The topological polar surface area (TPSA) is 71.3 Å². The summed E-state index contributed by atoms with van der Waals surface area (Å²) in [5.74, 6) is 1.08. The molecular weight excluding hydrogens is 268 g/mol. The second kappa shape index (κ2) is 5.55. The Balaban J connectivity index is 1.72. The van der Waals surface area contributed by atoms with Crippen molar-refractivity contribution in [1.29, 1.82) is 5.26 Å². The van der Waals surface area contributed by atoms with Crippen LogP contribution in [-0.4, -0.2) is 12.5 Å². The highest BCUT2D eigenvalue weighted by atomic mass is 16.5. The number of rotatable bonds is 3. The predicted molar refractivity (Wildman–Crippen MR) is 76.1 cm³/mol. The van der Waals surface area contributed by atoms with Gasteiger partial charge in [-0.2, -0.15) is 5.26 Å². The van der Waals surface area contributed by atoms with Gasteiger partial charge in [-0.3, -0.25) is 4.79 Å². The van der Waals surface area contributed by atoms with Crippen LogP contribution in [0.2, 0.25) is 0 Å². The van der Waals surface area contributed by atoms with Gasteiger partial charge in [-0.15, -0.1) is 0 Å². The van der Waals surface area contributed by atoms with E-state index < -0.39 is 0 Å². The van der Waals surface area contributed by atoms with Crippen molar-refractivity contribution in [3.8, 4) is 17.6 Å². The summed E-state index contributed by atoms with van der Waals surface area (Å²) in [6, 6.07) is 14.6. The van der Waals surface area contributed by atoms with Crippen LogP contribution in [0, 0.1) is 11.3 Å². The fourth-order valence-electron chi connectivity index (χ4n) is 2.05. The zero-order chi connectivity index (χ0) is 14.7. The molecule has 0 aliphatic carbocycles. The first kappa shape index (κ1) is 13.0. The highest BCUT2D eigenvalue weighted by Gasteiger charge is 2.16. The Hall–Kier alpha value is -3.00. The first-order valence-corrected chi connectivity index (χ1v) is 6.43. The number of carbonyl (C=O) groups excluding carboxylic acids is 1. The standard InChI is InChI=1S/C16H12N2O3/c17-8-11-2-1-3-12(6-11)9-20-13-4-5-15-14(7-13)18-16(19)10-21-15/h1-7H,9-10H2,(H,18,19). The van der Waals surface area contributed by atoms with Gasteiger partial charge >= 0.3 is 0 Å². The lowest BCUT2D eigenvalue weighted by Crippen LogP contribution is -2.25. The largest absolute Gasteiger partial charge is 0.489 e. The minimum atomic E-state index is -0.179. The van der Waals surface area contributed by atoms with E-state index in [2.05, 4.69) is 11.4 Å². The Bertz CT molecular complexity index is 735. The van der Waals surface area contributed by atoms with Gasteiger partial charge in [-0.05, 0) is 29.8 Å². The van der Waals surface area contributed by atoms with Crippen LogP contribution in [0.4, 0.5) is 5.69 Å². The quantitative estimate of drug-likeness (QED) is 0.937. The summed E-state index contributed by atoms with van der Waals surface area (Å²) in [6.07, 6.45) is 0. The molecule has 5 heteroatoms. The summed E-state index contributed by atoms with van der Waals surface area (Å²) in [5, 5.41) is 11.6. The first-order valence-electron chi connectivity index (χ1n) is 6.43. The van der Waals surface area contributed by atoms with Crippen molar-refractivity contribution in [1.82, 2.24) is 0 Å². The fourth-order valence-corrected chi connectivity index (χ4v) is 2.05. The van der Waals surface area contributed by atoms with Gasteiger partial charge in [0, 0.05) is 6.07 Å². The molecule has 1 heterocycles. The highest BCUT2D eigenvalue weighted by Crippen LogP contribution is 2.31. The van der Waals surface area contributed by atoms with Gasteiger partial charge < -0.3 is 14.8 Å². The van der Waals surface area contributed by atoms with Crippen LogP contribution < -0.4 is 14.8 Å². The lowest BCUT2D eigenvalue weighted by Gasteiger charge is -2.18. The molecule has 0 spiro atoms. The first-order chi connectivity index (χ1) is 10.2. The van der Waals surface area contributed by atoms with E-state index in [1.54, 1.807) is 30.3 Å². The molecule has 1 aliphatic rings. The number of ether oxygens (including phenoxy) is 2. The van der Waals surface area contributed by atoms with Crippen LogP contribution >= 0.6 is 0 Å². The molecule has 0 radical (unpaired) electrons. The van der Waals surface area contributed by atoms with E-state index in [0.29, 0.717) is 29.4 Å². The van der Waals surface area contributed by atoms with Gasteiger partial charge in [0.1, 0.15) is 18.1 Å². The monoisotopic (exact) mass is 280 g/mol. The molecule has 1 amide bonds. The van der Waals surface area contributed by atoms with Gasteiger partial charge in [0.2, 0.25) is 0 Å². The number of nitrogens with zero attached hydrogens (tertiary/aromatic N) is 1. The van der Waals surface area contributed by atoms with E-state index >= 15 is 0 Å². The van der Waals surface area contributed by atoms with Crippen LogP contribution in [-0.2, 0) is 11.4 Å². The van der Waals surface area contributed by atoms with Crippen molar-refractivity contribution >= 4 is 11.6 Å². The average Bonchev–Trinajstić information content (AvgIpc) is 2.52. The summed E-state index contributed by atoms with van der Waals surface area (Å²) >= 11 is 0. The molecule has 2 aromatic carbocycles. The fraction of sp³-hybridized carbons (Fsp3) is 0.125. The number of anilines is 1.